The Labute approximate surface area is 145 Å². The molecule has 0 atom stereocenters. The monoisotopic (exact) mass is 349 g/mol. The second-order valence-corrected chi connectivity index (χ2v) is 6.94. The van der Waals surface area contributed by atoms with Crippen LogP contribution in [0.2, 0.25) is 0 Å². The summed E-state index contributed by atoms with van der Waals surface area (Å²) in [4.78, 5) is 20.8. The van der Waals surface area contributed by atoms with Crippen LogP contribution in [0, 0.1) is 0 Å². The number of nitrogens with zero attached hydrogens (tertiary/aromatic N) is 4. The number of fused-ring (bicyclic) bond motifs is 1. The first-order chi connectivity index (χ1) is 11.3. The van der Waals surface area contributed by atoms with Gasteiger partial charge in [0.2, 0.25) is 5.95 Å². The van der Waals surface area contributed by atoms with Gasteiger partial charge in [0.15, 0.2) is 10.8 Å². The SMILES string of the molecule is CCCNc1nc(SC)nc2c(C=CC(=O)OC(C)(C)C)cnn12. The van der Waals surface area contributed by atoms with Gasteiger partial charge in [-0.25, -0.2) is 9.78 Å². The lowest BCUT2D eigenvalue weighted by Gasteiger charge is -2.17. The molecule has 7 nitrogen and oxygen atoms in total. The van der Waals surface area contributed by atoms with Crippen LogP contribution in [0.25, 0.3) is 11.7 Å². The second kappa shape index (κ2) is 7.65. The number of anilines is 1. The zero-order valence-corrected chi connectivity index (χ0v) is 15.5. The first-order valence-corrected chi connectivity index (χ1v) is 9.01. The molecule has 0 aromatic carbocycles. The Morgan fingerprint density at radius 2 is 2.17 bits per heavy atom. The Bertz CT molecular complexity index is 749. The molecule has 1 N–H and O–H groups in total. The van der Waals surface area contributed by atoms with Gasteiger partial charge in [0.05, 0.1) is 6.20 Å². The Morgan fingerprint density at radius 1 is 1.42 bits per heavy atom. The minimum absolute atomic E-state index is 0.398. The highest BCUT2D eigenvalue weighted by molar-refractivity contribution is 7.98. The summed E-state index contributed by atoms with van der Waals surface area (Å²) in [6.07, 6.45) is 7.61. The van der Waals surface area contributed by atoms with Crippen molar-refractivity contribution in [1.82, 2.24) is 19.6 Å². The Balaban J connectivity index is 2.33. The lowest BCUT2D eigenvalue weighted by molar-refractivity contribution is -0.148. The van der Waals surface area contributed by atoms with Gasteiger partial charge in [-0.05, 0) is 39.5 Å². The van der Waals surface area contributed by atoms with E-state index in [0.717, 1.165) is 18.5 Å². The predicted octanol–water partition coefficient (Wildman–Crippen LogP) is 3.02. The molecule has 0 saturated carbocycles. The molecular formula is C16H23N5O2S. The molecule has 0 saturated heterocycles. The molecule has 0 aliphatic carbocycles. The fraction of sp³-hybridized carbons (Fsp3) is 0.500. The standard InChI is InChI=1S/C16H23N5O2S/c1-6-9-17-14-20-15(24-5)19-13-11(10-18-21(13)14)7-8-12(22)23-16(2,3)4/h7-8,10H,6,9H2,1-5H3,(H,17,19,20). The summed E-state index contributed by atoms with van der Waals surface area (Å²) >= 11 is 1.46. The van der Waals surface area contributed by atoms with E-state index in [9.17, 15) is 4.79 Å². The van der Waals surface area contributed by atoms with Crippen molar-refractivity contribution >= 4 is 35.4 Å². The third kappa shape index (κ3) is 4.70. The van der Waals surface area contributed by atoms with Gasteiger partial charge in [-0.3, -0.25) is 0 Å². The number of rotatable bonds is 6. The minimum Gasteiger partial charge on any atom is -0.457 e. The van der Waals surface area contributed by atoms with Crippen LogP contribution in [0.1, 0.15) is 39.7 Å². The number of nitrogens with one attached hydrogen (secondary N) is 1. The predicted molar refractivity (Wildman–Crippen MR) is 96.2 cm³/mol. The van der Waals surface area contributed by atoms with Crippen LogP contribution in [0.5, 0.6) is 0 Å². The molecule has 2 rings (SSSR count). The summed E-state index contributed by atoms with van der Waals surface area (Å²) in [5, 5.41) is 8.20. The van der Waals surface area contributed by atoms with Gasteiger partial charge in [-0.1, -0.05) is 18.7 Å². The lowest BCUT2D eigenvalue weighted by Crippen LogP contribution is -2.22. The highest BCUT2D eigenvalue weighted by atomic mass is 32.2. The van der Waals surface area contributed by atoms with E-state index >= 15 is 0 Å². The van der Waals surface area contributed by atoms with Crippen molar-refractivity contribution in [3.05, 3.63) is 17.8 Å². The van der Waals surface area contributed by atoms with E-state index in [4.69, 9.17) is 4.74 Å². The van der Waals surface area contributed by atoms with E-state index in [2.05, 4.69) is 27.3 Å². The Kier molecular flexibility index (Phi) is 5.82. The highest BCUT2D eigenvalue weighted by Gasteiger charge is 2.15. The number of aromatic nitrogens is 4. The van der Waals surface area contributed by atoms with Gasteiger partial charge in [-0.15, -0.1) is 0 Å². The van der Waals surface area contributed by atoms with Crippen LogP contribution < -0.4 is 5.32 Å². The number of esters is 1. The average Bonchev–Trinajstić information content (AvgIpc) is 2.91. The first-order valence-electron chi connectivity index (χ1n) is 7.78. The van der Waals surface area contributed by atoms with Crippen LogP contribution in [-0.4, -0.2) is 44.0 Å². The van der Waals surface area contributed by atoms with E-state index in [1.807, 2.05) is 27.0 Å². The maximum atomic E-state index is 11.8. The zero-order chi connectivity index (χ0) is 17.7. The smallest absolute Gasteiger partial charge is 0.331 e. The van der Waals surface area contributed by atoms with Crippen molar-refractivity contribution in [3.8, 4) is 0 Å². The van der Waals surface area contributed by atoms with Crippen LogP contribution in [0.4, 0.5) is 5.95 Å². The number of hydrogen-bond acceptors (Lipinski definition) is 7. The number of carbonyl (C=O) groups is 1. The molecule has 24 heavy (non-hydrogen) atoms. The van der Waals surface area contributed by atoms with Crippen molar-refractivity contribution in [2.24, 2.45) is 0 Å². The van der Waals surface area contributed by atoms with Crippen LogP contribution >= 0.6 is 11.8 Å². The Morgan fingerprint density at radius 3 is 2.79 bits per heavy atom. The normalized spacial score (nSPS) is 12.0. The topological polar surface area (TPSA) is 81.4 Å². The second-order valence-electron chi connectivity index (χ2n) is 6.16. The van der Waals surface area contributed by atoms with Gasteiger partial charge in [0.1, 0.15) is 5.60 Å². The molecule has 0 unspecified atom stereocenters. The van der Waals surface area contributed by atoms with E-state index in [1.54, 1.807) is 16.8 Å². The maximum Gasteiger partial charge on any atom is 0.331 e. The summed E-state index contributed by atoms with van der Waals surface area (Å²) in [6.45, 7) is 8.37. The van der Waals surface area contributed by atoms with E-state index < -0.39 is 11.6 Å². The average molecular weight is 349 g/mol. The van der Waals surface area contributed by atoms with Crippen LogP contribution in [-0.2, 0) is 9.53 Å². The molecule has 0 aliphatic rings. The van der Waals surface area contributed by atoms with Gasteiger partial charge in [0.25, 0.3) is 0 Å². The van der Waals surface area contributed by atoms with Crippen molar-refractivity contribution < 1.29 is 9.53 Å². The maximum absolute atomic E-state index is 11.8. The molecule has 130 valence electrons. The van der Waals surface area contributed by atoms with E-state index in [0.29, 0.717) is 16.8 Å². The Hall–Kier alpha value is -2.09. The van der Waals surface area contributed by atoms with Crippen LogP contribution in [0.15, 0.2) is 17.4 Å². The number of ether oxygens (including phenoxy) is 1. The minimum atomic E-state index is -0.520. The van der Waals surface area contributed by atoms with Crippen molar-refractivity contribution in [3.63, 3.8) is 0 Å². The summed E-state index contributed by atoms with van der Waals surface area (Å²) in [5.41, 5.74) is 0.861. The molecule has 2 heterocycles. The summed E-state index contributed by atoms with van der Waals surface area (Å²) in [7, 11) is 0. The molecule has 2 aromatic rings. The van der Waals surface area contributed by atoms with Gasteiger partial charge in [0, 0.05) is 18.2 Å². The molecule has 0 aliphatic heterocycles. The fourth-order valence-corrected chi connectivity index (χ4v) is 2.28. The molecular weight excluding hydrogens is 326 g/mol. The summed E-state index contributed by atoms with van der Waals surface area (Å²) < 4.78 is 6.91. The van der Waals surface area contributed by atoms with Gasteiger partial charge >= 0.3 is 5.97 Å². The van der Waals surface area contributed by atoms with E-state index in [1.165, 1.54) is 17.8 Å². The van der Waals surface area contributed by atoms with Crippen molar-refractivity contribution in [2.45, 2.75) is 44.9 Å². The summed E-state index contributed by atoms with van der Waals surface area (Å²) in [6, 6.07) is 0. The third-order valence-corrected chi connectivity index (χ3v) is 3.44. The number of carbonyl (C=O) groups excluding carboxylic acids is 1. The van der Waals surface area contributed by atoms with Crippen molar-refractivity contribution in [1.29, 1.82) is 0 Å². The zero-order valence-electron chi connectivity index (χ0n) is 14.7. The first kappa shape index (κ1) is 18.3. The number of hydrogen-bond donors (Lipinski definition) is 1. The van der Waals surface area contributed by atoms with Crippen molar-refractivity contribution in [2.75, 3.05) is 18.1 Å². The largest absolute Gasteiger partial charge is 0.457 e. The van der Waals surface area contributed by atoms with E-state index in [-0.39, 0.29) is 0 Å². The van der Waals surface area contributed by atoms with Gasteiger partial charge < -0.3 is 10.1 Å². The third-order valence-electron chi connectivity index (χ3n) is 2.90. The quantitative estimate of drug-likeness (QED) is 0.488. The van der Waals surface area contributed by atoms with Gasteiger partial charge in [-0.2, -0.15) is 14.6 Å². The fourth-order valence-electron chi connectivity index (χ4n) is 1.93. The summed E-state index contributed by atoms with van der Waals surface area (Å²) in [5.74, 6) is 0.244. The molecule has 8 heteroatoms. The molecule has 0 spiro atoms. The number of thioether (sulfide) groups is 1. The molecule has 0 fully saturated rings. The molecule has 2 aromatic heterocycles. The van der Waals surface area contributed by atoms with Crippen LogP contribution in [0.3, 0.4) is 0 Å². The highest BCUT2D eigenvalue weighted by Crippen LogP contribution is 2.19. The molecule has 0 bridgehead atoms. The molecule has 0 amide bonds. The lowest BCUT2D eigenvalue weighted by atomic mass is 10.2. The molecule has 0 radical (unpaired) electrons.